The standard InChI is InChI=1S/C34H59NO2/c1-3-5-7-9-11-13-28-14-16-31(17-15-28)33(36)37-32-20-18-29(19-21-32)30-22-25-34(27-35,26-23-30)24-12-10-8-6-4-2/h28-32H,3-26H2,1-2H3. The van der Waals surface area contributed by atoms with Crippen molar-refractivity contribution in [1.29, 1.82) is 5.26 Å². The molecule has 3 aliphatic rings. The molecule has 0 N–H and O–H groups in total. The third-order valence-corrected chi connectivity index (χ3v) is 10.5. The van der Waals surface area contributed by atoms with Crippen molar-refractivity contribution in [1.82, 2.24) is 0 Å². The molecule has 0 spiro atoms. The predicted molar refractivity (Wildman–Crippen MR) is 154 cm³/mol. The molecule has 3 nitrogen and oxygen atoms in total. The monoisotopic (exact) mass is 513 g/mol. The molecule has 3 heteroatoms. The Hall–Kier alpha value is -1.04. The van der Waals surface area contributed by atoms with Gasteiger partial charge in [-0.15, -0.1) is 0 Å². The molecule has 0 radical (unpaired) electrons. The zero-order valence-electron chi connectivity index (χ0n) is 24.6. The molecule has 0 aromatic rings. The lowest BCUT2D eigenvalue weighted by Gasteiger charge is -2.40. The fourth-order valence-corrected chi connectivity index (χ4v) is 7.81. The van der Waals surface area contributed by atoms with Crippen molar-refractivity contribution < 1.29 is 9.53 Å². The maximum Gasteiger partial charge on any atom is 0.309 e. The number of nitriles is 1. The van der Waals surface area contributed by atoms with E-state index in [4.69, 9.17) is 4.74 Å². The quantitative estimate of drug-likeness (QED) is 0.162. The Bertz CT molecular complexity index is 658. The third kappa shape index (κ3) is 10.2. The van der Waals surface area contributed by atoms with Crippen LogP contribution in [0.15, 0.2) is 0 Å². The van der Waals surface area contributed by atoms with Gasteiger partial charge in [0.15, 0.2) is 0 Å². The lowest BCUT2D eigenvalue weighted by molar-refractivity contribution is -0.157. The van der Waals surface area contributed by atoms with Gasteiger partial charge < -0.3 is 4.74 Å². The molecule has 0 saturated heterocycles. The van der Waals surface area contributed by atoms with Gasteiger partial charge in [0.05, 0.1) is 17.4 Å². The number of rotatable bonds is 15. The summed E-state index contributed by atoms with van der Waals surface area (Å²) in [6.45, 7) is 4.54. The molecule has 3 rings (SSSR count). The van der Waals surface area contributed by atoms with E-state index in [2.05, 4.69) is 19.9 Å². The molecule has 0 unspecified atom stereocenters. The second kappa shape index (κ2) is 16.8. The first-order valence-corrected chi connectivity index (χ1v) is 16.7. The van der Waals surface area contributed by atoms with Crippen molar-refractivity contribution in [3.63, 3.8) is 0 Å². The van der Waals surface area contributed by atoms with Crippen LogP contribution in [-0.4, -0.2) is 12.1 Å². The van der Waals surface area contributed by atoms with Crippen molar-refractivity contribution in [2.24, 2.45) is 29.1 Å². The summed E-state index contributed by atoms with van der Waals surface area (Å²) < 4.78 is 6.07. The van der Waals surface area contributed by atoms with Gasteiger partial charge in [-0.3, -0.25) is 4.79 Å². The summed E-state index contributed by atoms with van der Waals surface area (Å²) in [5, 5.41) is 9.95. The summed E-state index contributed by atoms with van der Waals surface area (Å²) in [5.74, 6) is 2.69. The van der Waals surface area contributed by atoms with Crippen molar-refractivity contribution in [2.45, 2.75) is 174 Å². The van der Waals surface area contributed by atoms with Gasteiger partial charge in [0.2, 0.25) is 0 Å². The van der Waals surface area contributed by atoms with Gasteiger partial charge in [-0.2, -0.15) is 5.26 Å². The van der Waals surface area contributed by atoms with E-state index >= 15 is 0 Å². The second-order valence-corrected chi connectivity index (χ2v) is 13.3. The van der Waals surface area contributed by atoms with Crippen LogP contribution in [0, 0.1) is 40.4 Å². The van der Waals surface area contributed by atoms with Gasteiger partial charge in [-0.1, -0.05) is 84.5 Å². The minimum Gasteiger partial charge on any atom is -0.462 e. The largest absolute Gasteiger partial charge is 0.462 e. The first-order chi connectivity index (χ1) is 18.1. The molecular weight excluding hydrogens is 454 g/mol. The van der Waals surface area contributed by atoms with Gasteiger partial charge in [-0.25, -0.2) is 0 Å². The molecule has 3 saturated carbocycles. The van der Waals surface area contributed by atoms with E-state index in [1.54, 1.807) is 0 Å². The van der Waals surface area contributed by atoms with Crippen LogP contribution < -0.4 is 0 Å². The third-order valence-electron chi connectivity index (χ3n) is 10.5. The van der Waals surface area contributed by atoms with E-state index in [-0.39, 0.29) is 23.4 Å². The van der Waals surface area contributed by atoms with E-state index in [1.165, 1.54) is 109 Å². The summed E-state index contributed by atoms with van der Waals surface area (Å²) in [4.78, 5) is 12.9. The topological polar surface area (TPSA) is 50.1 Å². The highest BCUT2D eigenvalue weighted by Crippen LogP contribution is 2.47. The molecule has 0 aromatic heterocycles. The lowest BCUT2D eigenvalue weighted by atomic mass is 9.64. The van der Waals surface area contributed by atoms with Crippen molar-refractivity contribution >= 4 is 5.97 Å². The number of unbranched alkanes of at least 4 members (excludes halogenated alkanes) is 8. The molecule has 0 aliphatic heterocycles. The first kappa shape index (κ1) is 30.5. The summed E-state index contributed by atoms with van der Waals surface area (Å²) in [7, 11) is 0. The Morgan fingerprint density at radius 1 is 0.730 bits per heavy atom. The fraction of sp³-hybridized carbons (Fsp3) is 0.941. The van der Waals surface area contributed by atoms with E-state index in [0.717, 1.165) is 62.7 Å². The van der Waals surface area contributed by atoms with Gasteiger partial charge in [-0.05, 0) is 101 Å². The second-order valence-electron chi connectivity index (χ2n) is 13.3. The summed E-state index contributed by atoms with van der Waals surface area (Å²) in [6, 6.07) is 2.75. The van der Waals surface area contributed by atoms with E-state index in [1.807, 2.05) is 0 Å². The van der Waals surface area contributed by atoms with Crippen LogP contribution in [0.5, 0.6) is 0 Å². The number of hydrogen-bond donors (Lipinski definition) is 0. The number of ether oxygens (including phenoxy) is 1. The van der Waals surface area contributed by atoms with Gasteiger partial charge in [0.25, 0.3) is 0 Å². The normalized spacial score (nSPS) is 32.5. The number of hydrogen-bond acceptors (Lipinski definition) is 3. The summed E-state index contributed by atoms with van der Waals surface area (Å²) >= 11 is 0. The zero-order valence-corrected chi connectivity index (χ0v) is 24.6. The predicted octanol–water partition coefficient (Wildman–Crippen LogP) is 10.3. The Kier molecular flexibility index (Phi) is 13.9. The highest BCUT2D eigenvalue weighted by atomic mass is 16.5. The minimum absolute atomic E-state index is 0.0382. The average Bonchev–Trinajstić information content (AvgIpc) is 2.94. The molecule has 0 atom stereocenters. The maximum atomic E-state index is 12.9. The summed E-state index contributed by atoms with van der Waals surface area (Å²) in [6.07, 6.45) is 29.7. The van der Waals surface area contributed by atoms with E-state index in [9.17, 15) is 10.1 Å². The van der Waals surface area contributed by atoms with Crippen LogP contribution >= 0.6 is 0 Å². The van der Waals surface area contributed by atoms with Crippen LogP contribution in [0.4, 0.5) is 0 Å². The molecule has 37 heavy (non-hydrogen) atoms. The number of carbonyl (C=O) groups is 1. The molecule has 0 bridgehead atoms. The van der Waals surface area contributed by atoms with Gasteiger partial charge in [0, 0.05) is 0 Å². The number of carbonyl (C=O) groups excluding carboxylic acids is 1. The van der Waals surface area contributed by atoms with Crippen LogP contribution in [0.2, 0.25) is 0 Å². The van der Waals surface area contributed by atoms with Gasteiger partial charge >= 0.3 is 5.97 Å². The van der Waals surface area contributed by atoms with Crippen LogP contribution in [0.3, 0.4) is 0 Å². The molecule has 0 aromatic carbocycles. The van der Waals surface area contributed by atoms with Crippen molar-refractivity contribution in [3.05, 3.63) is 0 Å². The fourth-order valence-electron chi connectivity index (χ4n) is 7.81. The van der Waals surface area contributed by atoms with Crippen LogP contribution in [-0.2, 0) is 9.53 Å². The molecule has 0 amide bonds. The van der Waals surface area contributed by atoms with Crippen LogP contribution in [0.1, 0.15) is 168 Å². The van der Waals surface area contributed by atoms with Crippen molar-refractivity contribution in [3.8, 4) is 6.07 Å². The Morgan fingerprint density at radius 2 is 1.30 bits per heavy atom. The van der Waals surface area contributed by atoms with Crippen molar-refractivity contribution in [2.75, 3.05) is 0 Å². The molecule has 3 fully saturated rings. The highest BCUT2D eigenvalue weighted by Gasteiger charge is 2.39. The van der Waals surface area contributed by atoms with Crippen LogP contribution in [0.25, 0.3) is 0 Å². The Morgan fingerprint density at radius 3 is 1.89 bits per heavy atom. The van der Waals surface area contributed by atoms with E-state index in [0.29, 0.717) is 0 Å². The van der Waals surface area contributed by atoms with Gasteiger partial charge in [0.1, 0.15) is 6.10 Å². The molecule has 0 heterocycles. The molecular formula is C34H59NO2. The molecule has 3 aliphatic carbocycles. The molecule has 212 valence electrons. The summed E-state index contributed by atoms with van der Waals surface area (Å²) in [5.41, 5.74) is -0.0382. The van der Waals surface area contributed by atoms with E-state index < -0.39 is 0 Å². The maximum absolute atomic E-state index is 12.9. The SMILES string of the molecule is CCCCCCCC1CCC(C(=O)OC2CCC(C3CCC(C#N)(CCCCCCC)CC3)CC2)CC1. The zero-order chi connectivity index (χ0) is 26.3. The minimum atomic E-state index is -0.0382. The lowest BCUT2D eigenvalue weighted by Crippen LogP contribution is -2.34. The number of nitrogens with zero attached hydrogens (tertiary/aromatic N) is 1. The average molecular weight is 514 g/mol. The first-order valence-electron chi connectivity index (χ1n) is 16.7. The Labute approximate surface area is 229 Å². The highest BCUT2D eigenvalue weighted by molar-refractivity contribution is 5.72. The number of esters is 1. The Balaban J connectivity index is 1.28. The smallest absolute Gasteiger partial charge is 0.309 e.